The van der Waals surface area contributed by atoms with Crippen LogP contribution in [0.1, 0.15) is 22.4 Å². The minimum Gasteiger partial charge on any atom is -0.383 e. The Balaban J connectivity index is 1.55. The van der Waals surface area contributed by atoms with E-state index in [0.29, 0.717) is 11.4 Å². The van der Waals surface area contributed by atoms with Crippen LogP contribution in [0.15, 0.2) is 52.1 Å². The Kier molecular flexibility index (Phi) is 8.56. The number of hydrogen-bond acceptors (Lipinski definition) is 7. The van der Waals surface area contributed by atoms with Gasteiger partial charge in [-0.15, -0.1) is 22.7 Å². The number of thiophene rings is 2. The van der Waals surface area contributed by atoms with Crippen molar-refractivity contribution < 1.29 is 18.0 Å². The summed E-state index contributed by atoms with van der Waals surface area (Å²) in [6.07, 6.45) is 0.209. The minimum atomic E-state index is -4.27. The fraction of sp³-hybridized carbons (Fsp3) is 0.261. The molecule has 9 nitrogen and oxygen atoms in total. The summed E-state index contributed by atoms with van der Waals surface area (Å²) in [7, 11) is -4.27. The number of carbonyl (C=O) groups excluding carboxylic acids is 2. The Morgan fingerprint density at radius 2 is 1.95 bits per heavy atom. The van der Waals surface area contributed by atoms with Crippen LogP contribution in [-0.2, 0) is 32.7 Å². The number of likely N-dealkylation sites (tertiary alicyclic amines) is 1. The van der Waals surface area contributed by atoms with E-state index in [9.17, 15) is 18.0 Å². The Bertz CT molecular complexity index is 1410. The summed E-state index contributed by atoms with van der Waals surface area (Å²) in [6.45, 7) is 0.216. The predicted molar refractivity (Wildman–Crippen MR) is 146 cm³/mol. The SMILES string of the molecule is N=C(N)c1cc(CN2CC[C@H](N(CC(=O)NCc3ccccc3)S(=O)(=O)c3cc(Cl)c(Cl)s3)C2=O)cs1. The Morgan fingerprint density at radius 1 is 1.22 bits per heavy atom. The average Bonchev–Trinajstić information content (AvgIpc) is 3.57. The Hall–Kier alpha value is -2.48. The Morgan fingerprint density at radius 3 is 2.57 bits per heavy atom. The lowest BCUT2D eigenvalue weighted by Gasteiger charge is -2.26. The molecule has 0 radical (unpaired) electrons. The molecular weight excluding hydrogens is 577 g/mol. The van der Waals surface area contributed by atoms with Gasteiger partial charge in [0.05, 0.1) is 16.4 Å². The second-order valence-electron chi connectivity index (χ2n) is 8.30. The molecule has 1 saturated heterocycles. The molecule has 1 atom stereocenters. The molecule has 2 amide bonds. The van der Waals surface area contributed by atoms with Crippen molar-refractivity contribution in [3.05, 3.63) is 73.2 Å². The molecule has 0 spiro atoms. The molecule has 1 aliphatic rings. The number of halogens is 2. The predicted octanol–water partition coefficient (Wildman–Crippen LogP) is 3.51. The van der Waals surface area contributed by atoms with Crippen LogP contribution in [0.4, 0.5) is 0 Å². The van der Waals surface area contributed by atoms with Crippen molar-refractivity contribution in [2.45, 2.75) is 29.8 Å². The molecule has 14 heteroatoms. The molecule has 1 fully saturated rings. The van der Waals surface area contributed by atoms with Crippen LogP contribution in [0.5, 0.6) is 0 Å². The fourth-order valence-corrected chi connectivity index (χ4v) is 8.24. The number of benzene rings is 1. The summed E-state index contributed by atoms with van der Waals surface area (Å²) in [4.78, 5) is 28.4. The molecule has 1 aromatic carbocycles. The van der Waals surface area contributed by atoms with Crippen LogP contribution < -0.4 is 11.1 Å². The van der Waals surface area contributed by atoms with Crippen molar-refractivity contribution in [3.8, 4) is 0 Å². The maximum atomic E-state index is 13.6. The normalized spacial score (nSPS) is 15.9. The van der Waals surface area contributed by atoms with Crippen molar-refractivity contribution in [2.24, 2.45) is 5.73 Å². The third kappa shape index (κ3) is 6.33. The van der Waals surface area contributed by atoms with Crippen molar-refractivity contribution in [2.75, 3.05) is 13.1 Å². The second-order valence-corrected chi connectivity index (χ2v) is 13.4. The number of carbonyl (C=O) groups is 2. The van der Waals surface area contributed by atoms with Crippen molar-refractivity contribution in [1.29, 1.82) is 5.41 Å². The first-order valence-corrected chi connectivity index (χ1v) is 14.9. The van der Waals surface area contributed by atoms with Gasteiger partial charge in [0, 0.05) is 19.6 Å². The van der Waals surface area contributed by atoms with Crippen LogP contribution in [0.3, 0.4) is 0 Å². The third-order valence-electron chi connectivity index (χ3n) is 5.73. The number of nitrogen functional groups attached to an aromatic ring is 1. The molecule has 196 valence electrons. The van der Waals surface area contributed by atoms with E-state index in [1.807, 2.05) is 30.3 Å². The van der Waals surface area contributed by atoms with Gasteiger partial charge < -0.3 is 16.0 Å². The molecule has 3 aromatic rings. The number of hydrogen-bond donors (Lipinski definition) is 3. The molecule has 0 saturated carbocycles. The van der Waals surface area contributed by atoms with Gasteiger partial charge in [-0.05, 0) is 35.1 Å². The number of nitrogens with zero attached hydrogens (tertiary/aromatic N) is 2. The van der Waals surface area contributed by atoms with E-state index in [1.165, 1.54) is 22.3 Å². The number of nitrogens with one attached hydrogen (secondary N) is 2. The van der Waals surface area contributed by atoms with Gasteiger partial charge in [-0.2, -0.15) is 4.31 Å². The second kappa shape index (κ2) is 11.5. The van der Waals surface area contributed by atoms with Gasteiger partial charge >= 0.3 is 0 Å². The highest BCUT2D eigenvalue weighted by molar-refractivity contribution is 7.91. The molecule has 0 aliphatic carbocycles. The standard InChI is InChI=1S/C23H23Cl2N5O4S3/c24-16-9-20(36-21(16)25)37(33,34)30(12-19(31)28-10-14-4-2-1-3-5-14)17-6-7-29(23(17)32)11-15-8-18(22(26)27)35-13-15/h1-5,8-9,13,17H,6-7,10-12H2,(H3,26,27)(H,28,31)/t17-/m0/s1. The average molecular weight is 601 g/mol. The zero-order chi connectivity index (χ0) is 26.7. The lowest BCUT2D eigenvalue weighted by Crippen LogP contribution is -2.49. The van der Waals surface area contributed by atoms with Gasteiger partial charge in [-0.1, -0.05) is 53.5 Å². The number of rotatable bonds is 10. The number of nitrogens with two attached hydrogens (primary N) is 1. The van der Waals surface area contributed by atoms with Gasteiger partial charge in [0.15, 0.2) is 0 Å². The van der Waals surface area contributed by atoms with E-state index < -0.39 is 34.4 Å². The van der Waals surface area contributed by atoms with Crippen molar-refractivity contribution >= 4 is 73.5 Å². The van der Waals surface area contributed by atoms with Gasteiger partial charge in [0.25, 0.3) is 10.0 Å². The molecule has 0 unspecified atom stereocenters. The van der Waals surface area contributed by atoms with E-state index in [1.54, 1.807) is 11.4 Å². The molecular formula is C23H23Cl2N5O4S3. The topological polar surface area (TPSA) is 137 Å². The molecule has 1 aliphatic heterocycles. The summed E-state index contributed by atoms with van der Waals surface area (Å²) >= 11 is 14.1. The molecule has 4 N–H and O–H groups in total. The lowest BCUT2D eigenvalue weighted by atomic mass is 10.2. The van der Waals surface area contributed by atoms with Crippen molar-refractivity contribution in [1.82, 2.24) is 14.5 Å². The van der Waals surface area contributed by atoms with E-state index >= 15 is 0 Å². The zero-order valence-electron chi connectivity index (χ0n) is 19.3. The fourth-order valence-electron chi connectivity index (χ4n) is 3.89. The summed E-state index contributed by atoms with van der Waals surface area (Å²) in [5.41, 5.74) is 7.17. The maximum absolute atomic E-state index is 13.6. The van der Waals surface area contributed by atoms with Crippen LogP contribution in [0.25, 0.3) is 0 Å². The summed E-state index contributed by atoms with van der Waals surface area (Å²) in [5.74, 6) is -1.02. The summed E-state index contributed by atoms with van der Waals surface area (Å²) in [6, 6.07) is 11.1. The van der Waals surface area contributed by atoms with Gasteiger partial charge in [-0.3, -0.25) is 15.0 Å². The quantitative estimate of drug-likeness (QED) is 0.242. The first kappa shape index (κ1) is 27.6. The number of amides is 2. The van der Waals surface area contributed by atoms with E-state index in [4.69, 9.17) is 34.3 Å². The van der Waals surface area contributed by atoms with Gasteiger partial charge in [0.1, 0.15) is 20.4 Å². The molecule has 37 heavy (non-hydrogen) atoms. The third-order valence-corrected chi connectivity index (χ3v) is 10.9. The van der Waals surface area contributed by atoms with E-state index in [-0.39, 0.29) is 38.9 Å². The molecule has 3 heterocycles. The van der Waals surface area contributed by atoms with Crippen LogP contribution >= 0.6 is 45.9 Å². The molecule has 4 rings (SSSR count). The largest absolute Gasteiger partial charge is 0.383 e. The van der Waals surface area contributed by atoms with Crippen LogP contribution in [-0.4, -0.2) is 54.4 Å². The lowest BCUT2D eigenvalue weighted by molar-refractivity contribution is -0.131. The van der Waals surface area contributed by atoms with Gasteiger partial charge in [0.2, 0.25) is 11.8 Å². The highest BCUT2D eigenvalue weighted by Crippen LogP contribution is 2.37. The zero-order valence-corrected chi connectivity index (χ0v) is 23.3. The number of amidine groups is 1. The summed E-state index contributed by atoms with van der Waals surface area (Å²) < 4.78 is 28.1. The maximum Gasteiger partial charge on any atom is 0.253 e. The van der Waals surface area contributed by atoms with E-state index in [0.717, 1.165) is 26.8 Å². The van der Waals surface area contributed by atoms with Crippen molar-refractivity contribution in [3.63, 3.8) is 0 Å². The van der Waals surface area contributed by atoms with Crippen LogP contribution in [0, 0.1) is 5.41 Å². The molecule has 2 aromatic heterocycles. The molecule has 0 bridgehead atoms. The minimum absolute atomic E-state index is 0.0612. The highest BCUT2D eigenvalue weighted by Gasteiger charge is 2.43. The smallest absolute Gasteiger partial charge is 0.253 e. The summed E-state index contributed by atoms with van der Waals surface area (Å²) in [5, 5.41) is 12.2. The van der Waals surface area contributed by atoms with Crippen LogP contribution in [0.2, 0.25) is 9.36 Å². The van der Waals surface area contributed by atoms with Gasteiger partial charge in [-0.25, -0.2) is 8.42 Å². The number of sulfonamides is 1. The monoisotopic (exact) mass is 599 g/mol. The Labute approximate surface area is 232 Å². The highest BCUT2D eigenvalue weighted by atomic mass is 35.5. The first-order valence-electron chi connectivity index (χ1n) is 11.0. The van der Waals surface area contributed by atoms with E-state index in [2.05, 4.69) is 5.32 Å². The first-order chi connectivity index (χ1) is 17.6.